The monoisotopic (exact) mass is 268 g/mol. The third-order valence-electron chi connectivity index (χ3n) is 3.24. The maximum atomic E-state index is 5.87. The number of nitrogens with two attached hydrogens (primary N) is 1. The topological polar surface area (TPSA) is 66.0 Å². The number of aryl methyl sites for hydroxylation is 1. The SMILES string of the molecule is CCn1ccc2c(Oc3cc(CN)ncn3)cccc21. The summed E-state index contributed by atoms with van der Waals surface area (Å²) < 4.78 is 8.05. The van der Waals surface area contributed by atoms with Gasteiger partial charge in [0.05, 0.1) is 11.2 Å². The molecular weight excluding hydrogens is 252 g/mol. The quantitative estimate of drug-likeness (QED) is 0.790. The van der Waals surface area contributed by atoms with Gasteiger partial charge < -0.3 is 15.0 Å². The predicted molar refractivity (Wildman–Crippen MR) is 77.6 cm³/mol. The highest BCUT2D eigenvalue weighted by atomic mass is 16.5. The zero-order valence-corrected chi connectivity index (χ0v) is 11.3. The summed E-state index contributed by atoms with van der Waals surface area (Å²) in [4.78, 5) is 8.18. The van der Waals surface area contributed by atoms with E-state index in [4.69, 9.17) is 10.5 Å². The summed E-state index contributed by atoms with van der Waals surface area (Å²) in [5.41, 5.74) is 7.48. The summed E-state index contributed by atoms with van der Waals surface area (Å²) in [5.74, 6) is 1.30. The molecule has 2 heterocycles. The maximum Gasteiger partial charge on any atom is 0.222 e. The Hall–Kier alpha value is -2.40. The molecule has 1 aromatic carbocycles. The first-order valence-corrected chi connectivity index (χ1v) is 6.58. The van der Waals surface area contributed by atoms with Crippen molar-refractivity contribution in [3.05, 3.63) is 48.5 Å². The molecule has 102 valence electrons. The van der Waals surface area contributed by atoms with Gasteiger partial charge in [0.15, 0.2) is 0 Å². The molecule has 3 aromatic rings. The molecule has 3 rings (SSSR count). The van der Waals surface area contributed by atoms with Crippen LogP contribution in [0.5, 0.6) is 11.6 Å². The van der Waals surface area contributed by atoms with Crippen molar-refractivity contribution >= 4 is 10.9 Å². The molecule has 20 heavy (non-hydrogen) atoms. The van der Waals surface area contributed by atoms with E-state index in [-0.39, 0.29) is 0 Å². The molecule has 0 saturated heterocycles. The minimum Gasteiger partial charge on any atom is -0.438 e. The van der Waals surface area contributed by atoms with Crippen LogP contribution in [0.2, 0.25) is 0 Å². The highest BCUT2D eigenvalue weighted by Crippen LogP contribution is 2.29. The number of ether oxygens (including phenoxy) is 1. The van der Waals surface area contributed by atoms with Gasteiger partial charge in [-0.05, 0) is 25.1 Å². The molecule has 0 bridgehead atoms. The van der Waals surface area contributed by atoms with Gasteiger partial charge in [-0.3, -0.25) is 0 Å². The van der Waals surface area contributed by atoms with Crippen molar-refractivity contribution in [2.45, 2.75) is 20.0 Å². The highest BCUT2D eigenvalue weighted by molar-refractivity contribution is 5.86. The third-order valence-corrected chi connectivity index (χ3v) is 3.24. The van der Waals surface area contributed by atoms with Gasteiger partial charge in [0.2, 0.25) is 5.88 Å². The van der Waals surface area contributed by atoms with Crippen molar-refractivity contribution in [1.82, 2.24) is 14.5 Å². The Balaban J connectivity index is 2.00. The average Bonchev–Trinajstić information content (AvgIpc) is 2.91. The van der Waals surface area contributed by atoms with Gasteiger partial charge in [0.1, 0.15) is 12.1 Å². The fourth-order valence-electron chi connectivity index (χ4n) is 2.22. The van der Waals surface area contributed by atoms with Crippen molar-refractivity contribution in [2.24, 2.45) is 5.73 Å². The first-order valence-electron chi connectivity index (χ1n) is 6.58. The Morgan fingerprint density at radius 1 is 1.25 bits per heavy atom. The van der Waals surface area contributed by atoms with E-state index in [2.05, 4.69) is 39.8 Å². The third kappa shape index (κ3) is 2.23. The van der Waals surface area contributed by atoms with Gasteiger partial charge in [-0.1, -0.05) is 6.07 Å². The second-order valence-corrected chi connectivity index (χ2v) is 4.44. The van der Waals surface area contributed by atoms with E-state index in [0.29, 0.717) is 12.4 Å². The minimum atomic E-state index is 0.370. The van der Waals surface area contributed by atoms with Crippen LogP contribution in [-0.2, 0) is 13.1 Å². The molecule has 0 unspecified atom stereocenters. The smallest absolute Gasteiger partial charge is 0.222 e. The van der Waals surface area contributed by atoms with Crippen LogP contribution in [0.4, 0.5) is 0 Å². The van der Waals surface area contributed by atoms with E-state index >= 15 is 0 Å². The number of nitrogens with zero attached hydrogens (tertiary/aromatic N) is 3. The fourth-order valence-corrected chi connectivity index (χ4v) is 2.22. The van der Waals surface area contributed by atoms with Crippen LogP contribution in [0, 0.1) is 0 Å². The van der Waals surface area contributed by atoms with Crippen LogP contribution >= 0.6 is 0 Å². The van der Waals surface area contributed by atoms with Crippen molar-refractivity contribution < 1.29 is 4.74 Å². The number of aromatic nitrogens is 3. The molecule has 2 N–H and O–H groups in total. The molecule has 0 amide bonds. The molecule has 0 aliphatic heterocycles. The van der Waals surface area contributed by atoms with Crippen molar-refractivity contribution in [1.29, 1.82) is 0 Å². The molecule has 5 nitrogen and oxygen atoms in total. The van der Waals surface area contributed by atoms with Crippen LogP contribution in [0.1, 0.15) is 12.6 Å². The first kappa shape index (κ1) is 12.6. The number of hydrogen-bond donors (Lipinski definition) is 1. The van der Waals surface area contributed by atoms with E-state index in [1.165, 1.54) is 6.33 Å². The van der Waals surface area contributed by atoms with Crippen LogP contribution < -0.4 is 10.5 Å². The lowest BCUT2D eigenvalue weighted by Crippen LogP contribution is -2.00. The lowest BCUT2D eigenvalue weighted by Gasteiger charge is -2.07. The molecule has 0 atom stereocenters. The van der Waals surface area contributed by atoms with E-state index in [0.717, 1.165) is 28.9 Å². The molecular formula is C15H16N4O. The van der Waals surface area contributed by atoms with Crippen LogP contribution in [-0.4, -0.2) is 14.5 Å². The Kier molecular flexibility index (Phi) is 3.35. The Morgan fingerprint density at radius 3 is 2.95 bits per heavy atom. The van der Waals surface area contributed by atoms with Gasteiger partial charge in [0, 0.05) is 30.7 Å². The van der Waals surface area contributed by atoms with Gasteiger partial charge in [-0.25, -0.2) is 9.97 Å². The van der Waals surface area contributed by atoms with Crippen LogP contribution in [0.15, 0.2) is 42.9 Å². The molecule has 0 radical (unpaired) electrons. The van der Waals surface area contributed by atoms with Gasteiger partial charge in [0.25, 0.3) is 0 Å². The van der Waals surface area contributed by atoms with E-state index < -0.39 is 0 Å². The predicted octanol–water partition coefficient (Wildman–Crippen LogP) is 2.70. The van der Waals surface area contributed by atoms with Crippen molar-refractivity contribution in [2.75, 3.05) is 0 Å². The number of fused-ring (bicyclic) bond motifs is 1. The first-order chi connectivity index (χ1) is 9.81. The summed E-state index contributed by atoms with van der Waals surface area (Å²) in [7, 11) is 0. The second-order valence-electron chi connectivity index (χ2n) is 4.44. The summed E-state index contributed by atoms with van der Waals surface area (Å²) in [6.07, 6.45) is 3.53. The molecule has 0 aliphatic rings. The summed E-state index contributed by atoms with van der Waals surface area (Å²) in [6, 6.07) is 9.81. The van der Waals surface area contributed by atoms with E-state index in [1.54, 1.807) is 6.07 Å². The lowest BCUT2D eigenvalue weighted by atomic mass is 10.2. The Labute approximate surface area is 117 Å². The van der Waals surface area contributed by atoms with E-state index in [1.807, 2.05) is 12.1 Å². The second kappa shape index (κ2) is 5.30. The van der Waals surface area contributed by atoms with Gasteiger partial charge in [-0.2, -0.15) is 0 Å². The molecule has 5 heteroatoms. The minimum absolute atomic E-state index is 0.370. The molecule has 0 saturated carbocycles. The van der Waals surface area contributed by atoms with Gasteiger partial charge in [-0.15, -0.1) is 0 Å². The number of hydrogen-bond acceptors (Lipinski definition) is 4. The molecule has 0 fully saturated rings. The van der Waals surface area contributed by atoms with Crippen LogP contribution in [0.25, 0.3) is 10.9 Å². The van der Waals surface area contributed by atoms with E-state index in [9.17, 15) is 0 Å². The molecule has 0 aliphatic carbocycles. The zero-order chi connectivity index (χ0) is 13.9. The highest BCUT2D eigenvalue weighted by Gasteiger charge is 2.07. The fraction of sp³-hybridized carbons (Fsp3) is 0.200. The number of benzene rings is 1. The maximum absolute atomic E-state index is 5.87. The van der Waals surface area contributed by atoms with Crippen molar-refractivity contribution in [3.63, 3.8) is 0 Å². The normalized spacial score (nSPS) is 10.9. The standard InChI is InChI=1S/C15H16N4O/c1-2-19-7-6-12-13(19)4-3-5-14(12)20-15-8-11(9-16)17-10-18-15/h3-8,10H,2,9,16H2,1H3. The van der Waals surface area contributed by atoms with Gasteiger partial charge >= 0.3 is 0 Å². The number of rotatable bonds is 4. The summed E-state index contributed by atoms with van der Waals surface area (Å²) in [6.45, 7) is 3.41. The summed E-state index contributed by atoms with van der Waals surface area (Å²) in [5, 5.41) is 1.07. The molecule has 2 aromatic heterocycles. The van der Waals surface area contributed by atoms with Crippen LogP contribution in [0.3, 0.4) is 0 Å². The lowest BCUT2D eigenvalue weighted by molar-refractivity contribution is 0.465. The summed E-state index contributed by atoms with van der Waals surface area (Å²) >= 11 is 0. The average molecular weight is 268 g/mol. The largest absolute Gasteiger partial charge is 0.438 e. The zero-order valence-electron chi connectivity index (χ0n) is 11.3. The molecule has 0 spiro atoms. The Morgan fingerprint density at radius 2 is 2.15 bits per heavy atom. The Bertz CT molecular complexity index is 736. The van der Waals surface area contributed by atoms with Crippen molar-refractivity contribution in [3.8, 4) is 11.6 Å².